The lowest BCUT2D eigenvalue weighted by Gasteiger charge is -2.13. The summed E-state index contributed by atoms with van der Waals surface area (Å²) >= 11 is 5.91. The van der Waals surface area contributed by atoms with E-state index in [4.69, 9.17) is 16.3 Å². The first-order valence-corrected chi connectivity index (χ1v) is 7.63. The maximum Gasteiger partial charge on any atom is 0.147 e. The number of nitrogens with zero attached hydrogens (tertiary/aromatic N) is 3. The molecule has 5 nitrogen and oxygen atoms in total. The average molecular weight is 329 g/mol. The summed E-state index contributed by atoms with van der Waals surface area (Å²) in [5, 5.41) is 8.18. The quantitative estimate of drug-likeness (QED) is 0.775. The number of rotatable bonds is 5. The van der Waals surface area contributed by atoms with Gasteiger partial charge in [-0.05, 0) is 56.4 Å². The lowest BCUT2D eigenvalue weighted by atomic mass is 10.1. The second kappa shape index (κ2) is 6.81. The van der Waals surface area contributed by atoms with Crippen LogP contribution in [0.15, 0.2) is 48.8 Å². The number of nitrogens with one attached hydrogen (secondary N) is 1. The highest BCUT2D eigenvalue weighted by atomic mass is 35.5. The molecule has 0 fully saturated rings. The van der Waals surface area contributed by atoms with Crippen LogP contribution < -0.4 is 10.1 Å². The molecular formula is C17H17ClN4O. The molecule has 0 aliphatic rings. The molecule has 0 spiro atoms. The van der Waals surface area contributed by atoms with Crippen LogP contribution in [0.2, 0.25) is 5.02 Å². The van der Waals surface area contributed by atoms with Gasteiger partial charge >= 0.3 is 0 Å². The van der Waals surface area contributed by atoms with Gasteiger partial charge in [0.05, 0.1) is 5.69 Å². The van der Waals surface area contributed by atoms with E-state index in [1.807, 2.05) is 44.3 Å². The molecule has 0 atom stereocenters. The number of aryl methyl sites for hydroxylation is 1. The fourth-order valence-electron chi connectivity index (χ4n) is 2.24. The van der Waals surface area contributed by atoms with Crippen LogP contribution in [0.3, 0.4) is 0 Å². The Morgan fingerprint density at radius 1 is 1.17 bits per heavy atom. The van der Waals surface area contributed by atoms with Gasteiger partial charge in [-0.1, -0.05) is 11.6 Å². The molecular weight excluding hydrogens is 312 g/mol. The molecule has 0 saturated carbocycles. The topological polar surface area (TPSA) is 52.0 Å². The zero-order chi connectivity index (χ0) is 16.2. The SMILES string of the molecule is CNCc1cc(-n2cnc(C)n2)ccc1Oc1ccc(Cl)cc1. The van der Waals surface area contributed by atoms with Gasteiger partial charge in [0.15, 0.2) is 0 Å². The number of aromatic nitrogens is 3. The van der Waals surface area contributed by atoms with Gasteiger partial charge in [0.2, 0.25) is 0 Å². The Morgan fingerprint density at radius 3 is 2.61 bits per heavy atom. The zero-order valence-electron chi connectivity index (χ0n) is 13.0. The monoisotopic (exact) mass is 328 g/mol. The van der Waals surface area contributed by atoms with Crippen LogP contribution >= 0.6 is 11.6 Å². The van der Waals surface area contributed by atoms with Crippen molar-refractivity contribution in [1.29, 1.82) is 0 Å². The lowest BCUT2D eigenvalue weighted by molar-refractivity contribution is 0.474. The van der Waals surface area contributed by atoms with Crippen LogP contribution in [0.25, 0.3) is 5.69 Å². The lowest BCUT2D eigenvalue weighted by Crippen LogP contribution is -2.07. The third kappa shape index (κ3) is 3.70. The second-order valence-electron chi connectivity index (χ2n) is 5.11. The number of hydrogen-bond acceptors (Lipinski definition) is 4. The maximum absolute atomic E-state index is 5.97. The molecule has 2 aromatic carbocycles. The van der Waals surface area contributed by atoms with Crippen molar-refractivity contribution in [3.8, 4) is 17.2 Å². The first-order valence-electron chi connectivity index (χ1n) is 7.25. The van der Waals surface area contributed by atoms with E-state index in [2.05, 4.69) is 15.4 Å². The summed E-state index contributed by atoms with van der Waals surface area (Å²) in [6, 6.07) is 13.2. The minimum Gasteiger partial charge on any atom is -0.457 e. The molecule has 118 valence electrons. The van der Waals surface area contributed by atoms with E-state index in [-0.39, 0.29) is 0 Å². The third-order valence-corrected chi connectivity index (χ3v) is 3.58. The van der Waals surface area contributed by atoms with E-state index in [0.29, 0.717) is 11.6 Å². The van der Waals surface area contributed by atoms with Gasteiger partial charge in [-0.2, -0.15) is 5.10 Å². The predicted octanol–water partition coefficient (Wildman–Crippen LogP) is 3.74. The van der Waals surface area contributed by atoms with Crippen molar-refractivity contribution >= 4 is 11.6 Å². The molecule has 0 radical (unpaired) electrons. The van der Waals surface area contributed by atoms with Crippen molar-refractivity contribution in [2.75, 3.05) is 7.05 Å². The number of ether oxygens (including phenoxy) is 1. The number of benzene rings is 2. The molecule has 0 bridgehead atoms. The number of halogens is 1. The van der Waals surface area contributed by atoms with E-state index in [9.17, 15) is 0 Å². The van der Waals surface area contributed by atoms with Gasteiger partial charge in [-0.3, -0.25) is 0 Å². The smallest absolute Gasteiger partial charge is 0.147 e. The maximum atomic E-state index is 5.97. The van der Waals surface area contributed by atoms with E-state index in [0.717, 1.165) is 28.6 Å². The molecule has 0 aliphatic carbocycles. The Labute approximate surface area is 139 Å². The van der Waals surface area contributed by atoms with E-state index < -0.39 is 0 Å². The number of hydrogen-bond donors (Lipinski definition) is 1. The highest BCUT2D eigenvalue weighted by Gasteiger charge is 2.08. The first kappa shape index (κ1) is 15.5. The Bertz CT molecular complexity index is 799. The summed E-state index contributed by atoms with van der Waals surface area (Å²) in [4.78, 5) is 4.16. The normalized spacial score (nSPS) is 10.7. The Balaban J connectivity index is 1.91. The standard InChI is InChI=1S/C17H17ClN4O/c1-12-20-11-22(21-12)15-5-8-17(13(9-15)10-19-2)23-16-6-3-14(18)4-7-16/h3-9,11,19H,10H2,1-2H3. The van der Waals surface area contributed by atoms with Crippen LogP contribution in [-0.4, -0.2) is 21.8 Å². The first-order chi connectivity index (χ1) is 11.2. The molecule has 3 aromatic rings. The third-order valence-electron chi connectivity index (χ3n) is 3.32. The molecule has 0 unspecified atom stereocenters. The highest BCUT2D eigenvalue weighted by Crippen LogP contribution is 2.28. The highest BCUT2D eigenvalue weighted by molar-refractivity contribution is 6.30. The molecule has 1 heterocycles. The Kier molecular flexibility index (Phi) is 4.60. The van der Waals surface area contributed by atoms with Gasteiger partial charge in [-0.25, -0.2) is 9.67 Å². The second-order valence-corrected chi connectivity index (χ2v) is 5.55. The van der Waals surface area contributed by atoms with Crippen LogP contribution in [0.4, 0.5) is 0 Å². The fourth-order valence-corrected chi connectivity index (χ4v) is 2.36. The molecule has 0 amide bonds. The van der Waals surface area contributed by atoms with Crippen molar-refractivity contribution in [1.82, 2.24) is 20.1 Å². The van der Waals surface area contributed by atoms with Gasteiger partial charge in [0, 0.05) is 17.1 Å². The van der Waals surface area contributed by atoms with Gasteiger partial charge in [0.1, 0.15) is 23.7 Å². The summed E-state index contributed by atoms with van der Waals surface area (Å²) in [7, 11) is 1.90. The Hall–Kier alpha value is -2.37. The van der Waals surface area contributed by atoms with Crippen molar-refractivity contribution in [2.45, 2.75) is 13.5 Å². The van der Waals surface area contributed by atoms with Crippen LogP contribution in [-0.2, 0) is 6.54 Å². The summed E-state index contributed by atoms with van der Waals surface area (Å²) in [5.41, 5.74) is 1.98. The minimum atomic E-state index is 0.685. The van der Waals surface area contributed by atoms with Crippen molar-refractivity contribution in [3.05, 3.63) is 65.2 Å². The minimum absolute atomic E-state index is 0.685. The van der Waals surface area contributed by atoms with Gasteiger partial charge in [0.25, 0.3) is 0 Å². The molecule has 3 rings (SSSR count). The van der Waals surface area contributed by atoms with E-state index in [1.54, 1.807) is 23.1 Å². The molecule has 23 heavy (non-hydrogen) atoms. The van der Waals surface area contributed by atoms with Crippen molar-refractivity contribution in [3.63, 3.8) is 0 Å². The van der Waals surface area contributed by atoms with Crippen molar-refractivity contribution < 1.29 is 4.74 Å². The summed E-state index contributed by atoms with van der Waals surface area (Å²) in [6.07, 6.45) is 1.70. The van der Waals surface area contributed by atoms with Crippen LogP contribution in [0.5, 0.6) is 11.5 Å². The fraction of sp³-hybridized carbons (Fsp3) is 0.176. The molecule has 0 aliphatic heterocycles. The van der Waals surface area contributed by atoms with E-state index in [1.165, 1.54) is 0 Å². The zero-order valence-corrected chi connectivity index (χ0v) is 13.7. The average Bonchev–Trinajstić information content (AvgIpc) is 2.98. The summed E-state index contributed by atoms with van der Waals surface area (Å²) in [5.74, 6) is 2.28. The summed E-state index contributed by atoms with van der Waals surface area (Å²) < 4.78 is 7.72. The summed E-state index contributed by atoms with van der Waals surface area (Å²) in [6.45, 7) is 2.55. The van der Waals surface area contributed by atoms with Crippen molar-refractivity contribution in [2.24, 2.45) is 0 Å². The molecule has 1 aromatic heterocycles. The Morgan fingerprint density at radius 2 is 1.96 bits per heavy atom. The van der Waals surface area contributed by atoms with Crippen LogP contribution in [0, 0.1) is 6.92 Å². The molecule has 0 saturated heterocycles. The van der Waals surface area contributed by atoms with E-state index >= 15 is 0 Å². The predicted molar refractivity (Wildman–Crippen MR) is 90.4 cm³/mol. The largest absolute Gasteiger partial charge is 0.457 e. The van der Waals surface area contributed by atoms with Gasteiger partial charge in [-0.15, -0.1) is 0 Å². The van der Waals surface area contributed by atoms with Gasteiger partial charge < -0.3 is 10.1 Å². The van der Waals surface area contributed by atoms with Crippen LogP contribution in [0.1, 0.15) is 11.4 Å². The molecule has 1 N–H and O–H groups in total. The molecule has 6 heteroatoms.